The first-order valence-corrected chi connectivity index (χ1v) is 9.69. The lowest BCUT2D eigenvalue weighted by Gasteiger charge is -2.16. The van der Waals surface area contributed by atoms with Crippen molar-refractivity contribution in [2.75, 3.05) is 34.0 Å². The lowest BCUT2D eigenvalue weighted by molar-refractivity contribution is -0.137. The van der Waals surface area contributed by atoms with Gasteiger partial charge in [0.25, 0.3) is 0 Å². The molecule has 2 aromatic rings. The van der Waals surface area contributed by atoms with Crippen LogP contribution in [0, 0.1) is 0 Å². The molecule has 0 amide bonds. The van der Waals surface area contributed by atoms with E-state index in [9.17, 15) is 13.2 Å². The summed E-state index contributed by atoms with van der Waals surface area (Å²) >= 11 is 11.1. The zero-order valence-corrected chi connectivity index (χ0v) is 18.2. The Morgan fingerprint density at radius 1 is 1.00 bits per heavy atom. The monoisotopic (exact) mass is 481 g/mol. The number of hydrogen-bond donors (Lipinski definition) is 0. The van der Waals surface area contributed by atoms with Gasteiger partial charge in [0.05, 0.1) is 33.0 Å². The largest absolute Gasteiger partial charge is 0.493 e. The zero-order valence-electron chi connectivity index (χ0n) is 16.7. The Morgan fingerprint density at radius 3 is 2.16 bits per heavy atom. The molecule has 0 saturated heterocycles. The highest BCUT2D eigenvalue weighted by atomic mass is 35.5. The molecule has 6 nitrogen and oxygen atoms in total. The van der Waals surface area contributed by atoms with Gasteiger partial charge in [0, 0.05) is 30.8 Å². The molecule has 0 unspecified atom stereocenters. The number of aromatic nitrogens is 1. The minimum absolute atomic E-state index is 0.0904. The summed E-state index contributed by atoms with van der Waals surface area (Å²) in [5.41, 5.74) is -0.837. The van der Waals surface area contributed by atoms with E-state index in [1.165, 1.54) is 26.4 Å². The molecule has 0 aliphatic rings. The highest BCUT2D eigenvalue weighted by Crippen LogP contribution is 2.41. The van der Waals surface area contributed by atoms with Gasteiger partial charge in [0.15, 0.2) is 11.5 Å². The summed E-state index contributed by atoms with van der Waals surface area (Å²) in [4.78, 5) is 3.64. The van der Waals surface area contributed by atoms with Crippen molar-refractivity contribution in [3.05, 3.63) is 46.6 Å². The standard InChI is InChI=1S/C20H20Cl2F3NO5/c1-27-15-10-14(29-9-6-17(21)22)11-16(28-2)19(15)31-8-3-7-30-18-5-4-13(12-26-18)20(23,24)25/h4-6,10-12H,3,7-9H2,1-2H3. The van der Waals surface area contributed by atoms with Crippen molar-refractivity contribution in [2.24, 2.45) is 0 Å². The lowest BCUT2D eigenvalue weighted by Crippen LogP contribution is -2.08. The smallest absolute Gasteiger partial charge is 0.417 e. The first kappa shape index (κ1) is 24.7. The molecule has 0 spiro atoms. The molecule has 31 heavy (non-hydrogen) atoms. The third-order valence-electron chi connectivity index (χ3n) is 3.77. The summed E-state index contributed by atoms with van der Waals surface area (Å²) in [6.07, 6.45) is -1.79. The number of halogens is 5. The minimum Gasteiger partial charge on any atom is -0.493 e. The quantitative estimate of drug-likeness (QED) is 0.385. The third-order valence-corrected chi connectivity index (χ3v) is 4.08. The highest BCUT2D eigenvalue weighted by Gasteiger charge is 2.30. The van der Waals surface area contributed by atoms with Crippen LogP contribution in [0.15, 0.2) is 41.0 Å². The van der Waals surface area contributed by atoms with E-state index >= 15 is 0 Å². The summed E-state index contributed by atoms with van der Waals surface area (Å²) in [5.74, 6) is 1.71. The fourth-order valence-corrected chi connectivity index (χ4v) is 2.45. The molecule has 11 heteroatoms. The first-order valence-electron chi connectivity index (χ1n) is 8.93. The molecule has 0 radical (unpaired) electrons. The van der Waals surface area contributed by atoms with Crippen LogP contribution in [0.25, 0.3) is 0 Å². The van der Waals surface area contributed by atoms with Crippen LogP contribution in [0.1, 0.15) is 12.0 Å². The summed E-state index contributed by atoms with van der Waals surface area (Å²) in [5, 5.41) is 0. The van der Waals surface area contributed by atoms with E-state index in [0.29, 0.717) is 29.4 Å². The maximum atomic E-state index is 12.5. The van der Waals surface area contributed by atoms with Crippen molar-refractivity contribution >= 4 is 23.2 Å². The van der Waals surface area contributed by atoms with Crippen molar-refractivity contribution in [3.8, 4) is 28.9 Å². The van der Waals surface area contributed by atoms with Gasteiger partial charge in [-0.3, -0.25) is 0 Å². The van der Waals surface area contributed by atoms with Crippen LogP contribution in [0.4, 0.5) is 13.2 Å². The minimum atomic E-state index is -4.44. The number of methoxy groups -OCH3 is 2. The Hall–Kier alpha value is -2.52. The van der Waals surface area contributed by atoms with Gasteiger partial charge in [0.1, 0.15) is 16.8 Å². The van der Waals surface area contributed by atoms with Gasteiger partial charge in [-0.25, -0.2) is 4.98 Å². The van der Waals surface area contributed by atoms with Crippen LogP contribution in [0.5, 0.6) is 28.9 Å². The Kier molecular flexibility index (Phi) is 9.39. The Labute approximate surface area is 187 Å². The van der Waals surface area contributed by atoms with E-state index in [4.69, 9.17) is 46.9 Å². The fourth-order valence-electron chi connectivity index (χ4n) is 2.33. The second-order valence-corrected chi connectivity index (χ2v) is 6.90. The van der Waals surface area contributed by atoms with Gasteiger partial charge in [-0.05, 0) is 12.1 Å². The van der Waals surface area contributed by atoms with Gasteiger partial charge >= 0.3 is 6.18 Å². The van der Waals surface area contributed by atoms with E-state index < -0.39 is 11.7 Å². The van der Waals surface area contributed by atoms with Gasteiger partial charge in [0.2, 0.25) is 11.6 Å². The molecule has 0 aliphatic heterocycles. The fraction of sp³-hybridized carbons (Fsp3) is 0.350. The molecule has 0 saturated carbocycles. The summed E-state index contributed by atoms with van der Waals surface area (Å²) < 4.78 is 65.0. The molecule has 1 aromatic carbocycles. The second-order valence-electron chi connectivity index (χ2n) is 5.90. The molecule has 0 aliphatic carbocycles. The molecule has 0 atom stereocenters. The predicted octanol–water partition coefficient (Wildman–Crippen LogP) is 5.66. The maximum Gasteiger partial charge on any atom is 0.417 e. The maximum absolute atomic E-state index is 12.5. The number of ether oxygens (including phenoxy) is 5. The average molecular weight is 482 g/mol. The third kappa shape index (κ3) is 7.91. The average Bonchev–Trinajstić information content (AvgIpc) is 2.73. The van der Waals surface area contributed by atoms with E-state index in [-0.39, 0.29) is 30.2 Å². The predicted molar refractivity (Wildman–Crippen MR) is 110 cm³/mol. The SMILES string of the molecule is COc1cc(OCC=C(Cl)Cl)cc(OC)c1OCCCOc1ccc(C(F)(F)F)cn1. The van der Waals surface area contributed by atoms with E-state index in [0.717, 1.165) is 12.3 Å². The number of pyridine rings is 1. The number of nitrogens with zero attached hydrogens (tertiary/aromatic N) is 1. The number of benzene rings is 1. The van der Waals surface area contributed by atoms with Crippen LogP contribution in [0.2, 0.25) is 0 Å². The van der Waals surface area contributed by atoms with Crippen LogP contribution >= 0.6 is 23.2 Å². The Morgan fingerprint density at radius 2 is 1.65 bits per heavy atom. The Bertz CT molecular complexity index is 847. The van der Waals surface area contributed by atoms with Crippen molar-refractivity contribution in [1.82, 2.24) is 4.98 Å². The molecular weight excluding hydrogens is 462 g/mol. The van der Waals surface area contributed by atoms with Gasteiger partial charge in [-0.15, -0.1) is 0 Å². The summed E-state index contributed by atoms with van der Waals surface area (Å²) in [7, 11) is 2.95. The van der Waals surface area contributed by atoms with Crippen molar-refractivity contribution in [2.45, 2.75) is 12.6 Å². The Balaban J connectivity index is 1.90. The van der Waals surface area contributed by atoms with E-state index in [1.54, 1.807) is 12.1 Å². The van der Waals surface area contributed by atoms with Gasteiger partial charge in [-0.2, -0.15) is 13.2 Å². The first-order chi connectivity index (χ1) is 14.7. The van der Waals surface area contributed by atoms with Gasteiger partial charge in [-0.1, -0.05) is 23.2 Å². The van der Waals surface area contributed by atoms with E-state index in [1.807, 2.05) is 0 Å². The zero-order chi connectivity index (χ0) is 22.9. The molecule has 1 aromatic heterocycles. The van der Waals surface area contributed by atoms with Gasteiger partial charge < -0.3 is 23.7 Å². The molecular formula is C20H20Cl2F3NO5. The van der Waals surface area contributed by atoms with Crippen molar-refractivity contribution < 1.29 is 36.9 Å². The van der Waals surface area contributed by atoms with E-state index in [2.05, 4.69) is 4.98 Å². The summed E-state index contributed by atoms with van der Waals surface area (Å²) in [6.45, 7) is 0.581. The molecule has 170 valence electrons. The molecule has 0 N–H and O–H groups in total. The molecule has 2 rings (SSSR count). The second kappa shape index (κ2) is 11.8. The van der Waals surface area contributed by atoms with Crippen LogP contribution in [-0.4, -0.2) is 39.0 Å². The van der Waals surface area contributed by atoms with Crippen LogP contribution in [0.3, 0.4) is 0 Å². The topological polar surface area (TPSA) is 59.0 Å². The van der Waals surface area contributed by atoms with Crippen molar-refractivity contribution in [3.63, 3.8) is 0 Å². The number of hydrogen-bond acceptors (Lipinski definition) is 6. The lowest BCUT2D eigenvalue weighted by atomic mass is 10.2. The molecule has 0 bridgehead atoms. The normalized spacial score (nSPS) is 10.9. The summed E-state index contributed by atoms with van der Waals surface area (Å²) in [6, 6.07) is 5.32. The van der Waals surface area contributed by atoms with Crippen molar-refractivity contribution in [1.29, 1.82) is 0 Å². The number of alkyl halides is 3. The highest BCUT2D eigenvalue weighted by molar-refractivity contribution is 6.55. The van der Waals surface area contributed by atoms with Crippen LogP contribution < -0.4 is 23.7 Å². The molecule has 0 fully saturated rings. The number of rotatable bonds is 11. The van der Waals surface area contributed by atoms with Crippen LogP contribution in [-0.2, 0) is 6.18 Å². The molecule has 1 heterocycles.